The Hall–Kier alpha value is -2.08. The lowest BCUT2D eigenvalue weighted by Crippen LogP contribution is -1.98. The van der Waals surface area contributed by atoms with Gasteiger partial charge in [-0.15, -0.1) is 0 Å². The van der Waals surface area contributed by atoms with Crippen molar-refractivity contribution in [2.24, 2.45) is 0 Å². The maximum absolute atomic E-state index is 4.29. The highest BCUT2D eigenvalue weighted by atomic mass is 14.2. The minimum absolute atomic E-state index is 0.879. The molecule has 0 aliphatic rings. The van der Waals surface area contributed by atoms with Gasteiger partial charge in [-0.1, -0.05) is 61.2 Å². The molecule has 0 saturated carbocycles. The SMILES string of the molecule is C=C(Cc1ccccc1)c1ccc(C)c(C)c1C(=C)C. The van der Waals surface area contributed by atoms with E-state index in [0.717, 1.165) is 17.6 Å². The van der Waals surface area contributed by atoms with Crippen LogP contribution in [0.25, 0.3) is 11.1 Å². The van der Waals surface area contributed by atoms with E-state index in [2.05, 4.69) is 70.3 Å². The quantitative estimate of drug-likeness (QED) is 0.673. The molecule has 0 aliphatic heterocycles. The number of hydrogen-bond donors (Lipinski definition) is 0. The van der Waals surface area contributed by atoms with Gasteiger partial charge in [0.25, 0.3) is 0 Å². The number of hydrogen-bond acceptors (Lipinski definition) is 0. The summed E-state index contributed by atoms with van der Waals surface area (Å²) in [4.78, 5) is 0. The van der Waals surface area contributed by atoms with E-state index >= 15 is 0 Å². The summed E-state index contributed by atoms with van der Waals surface area (Å²) in [5.41, 5.74) is 8.65. The van der Waals surface area contributed by atoms with E-state index in [4.69, 9.17) is 0 Å². The van der Waals surface area contributed by atoms with Gasteiger partial charge in [-0.25, -0.2) is 0 Å². The van der Waals surface area contributed by atoms with Gasteiger partial charge in [0, 0.05) is 0 Å². The molecule has 0 N–H and O–H groups in total. The molecule has 102 valence electrons. The highest BCUT2D eigenvalue weighted by molar-refractivity contribution is 5.80. The van der Waals surface area contributed by atoms with Gasteiger partial charge in [0.1, 0.15) is 0 Å². The first-order chi connectivity index (χ1) is 9.50. The van der Waals surface area contributed by atoms with Crippen LogP contribution in [0.2, 0.25) is 0 Å². The molecular weight excluding hydrogens is 240 g/mol. The molecule has 0 heterocycles. The van der Waals surface area contributed by atoms with Crippen molar-refractivity contribution in [3.63, 3.8) is 0 Å². The largest absolute Gasteiger partial charge is 0.0955 e. The van der Waals surface area contributed by atoms with Gasteiger partial charge in [-0.2, -0.15) is 0 Å². The third-order valence-corrected chi connectivity index (χ3v) is 3.80. The van der Waals surface area contributed by atoms with E-state index in [1.807, 2.05) is 6.07 Å². The number of rotatable bonds is 4. The summed E-state index contributed by atoms with van der Waals surface area (Å²) < 4.78 is 0. The van der Waals surface area contributed by atoms with Gasteiger partial charge in [0.05, 0.1) is 0 Å². The summed E-state index contributed by atoms with van der Waals surface area (Å²) in [5.74, 6) is 0. The minimum atomic E-state index is 0.879. The average molecular weight is 262 g/mol. The highest BCUT2D eigenvalue weighted by Crippen LogP contribution is 2.30. The van der Waals surface area contributed by atoms with Crippen molar-refractivity contribution >= 4 is 11.1 Å². The topological polar surface area (TPSA) is 0 Å². The molecule has 0 amide bonds. The summed E-state index contributed by atoms with van der Waals surface area (Å²) in [6.07, 6.45) is 0.879. The fourth-order valence-corrected chi connectivity index (χ4v) is 2.60. The molecule has 0 nitrogen and oxygen atoms in total. The third kappa shape index (κ3) is 2.91. The molecule has 0 aliphatic carbocycles. The first kappa shape index (κ1) is 14.3. The van der Waals surface area contributed by atoms with Crippen molar-refractivity contribution in [2.75, 3.05) is 0 Å². The average Bonchev–Trinajstić information content (AvgIpc) is 2.42. The molecule has 2 aromatic rings. The lowest BCUT2D eigenvalue weighted by atomic mass is 9.88. The maximum Gasteiger partial charge on any atom is -0.00255 e. The van der Waals surface area contributed by atoms with Gasteiger partial charge in [-0.3, -0.25) is 0 Å². The smallest absolute Gasteiger partial charge is 0.00255 e. The molecule has 0 spiro atoms. The van der Waals surface area contributed by atoms with E-state index in [1.54, 1.807) is 0 Å². The Morgan fingerprint density at radius 3 is 2.20 bits per heavy atom. The molecule has 0 atom stereocenters. The van der Waals surface area contributed by atoms with Crippen molar-refractivity contribution in [1.29, 1.82) is 0 Å². The molecule has 0 bridgehead atoms. The van der Waals surface area contributed by atoms with Gasteiger partial charge >= 0.3 is 0 Å². The molecule has 0 radical (unpaired) electrons. The summed E-state index contributed by atoms with van der Waals surface area (Å²) in [6.45, 7) is 14.8. The van der Waals surface area contributed by atoms with Crippen LogP contribution in [0, 0.1) is 13.8 Å². The van der Waals surface area contributed by atoms with Crippen LogP contribution in [0.15, 0.2) is 55.6 Å². The lowest BCUT2D eigenvalue weighted by Gasteiger charge is -2.17. The number of benzene rings is 2. The fourth-order valence-electron chi connectivity index (χ4n) is 2.60. The number of allylic oxidation sites excluding steroid dienone is 2. The molecule has 2 aromatic carbocycles. The fraction of sp³-hybridized carbons (Fsp3) is 0.200. The predicted octanol–water partition coefficient (Wildman–Crippen LogP) is 5.59. The zero-order valence-corrected chi connectivity index (χ0v) is 12.7. The van der Waals surface area contributed by atoms with Crippen LogP contribution >= 0.6 is 0 Å². The predicted molar refractivity (Wildman–Crippen MR) is 89.8 cm³/mol. The molecule has 0 aromatic heterocycles. The first-order valence-electron chi connectivity index (χ1n) is 6.99. The van der Waals surface area contributed by atoms with Crippen LogP contribution in [0.5, 0.6) is 0 Å². The second-order valence-corrected chi connectivity index (χ2v) is 5.48. The van der Waals surface area contributed by atoms with Gasteiger partial charge < -0.3 is 0 Å². The summed E-state index contributed by atoms with van der Waals surface area (Å²) in [6, 6.07) is 14.8. The molecule has 0 unspecified atom stereocenters. The Kier molecular flexibility index (Phi) is 4.24. The molecular formula is C20H22. The third-order valence-electron chi connectivity index (χ3n) is 3.80. The minimum Gasteiger partial charge on any atom is -0.0955 e. The Labute approximate surface area is 122 Å². The van der Waals surface area contributed by atoms with E-state index in [9.17, 15) is 0 Å². The number of aryl methyl sites for hydroxylation is 1. The highest BCUT2D eigenvalue weighted by Gasteiger charge is 2.11. The van der Waals surface area contributed by atoms with Crippen LogP contribution in [0.3, 0.4) is 0 Å². The van der Waals surface area contributed by atoms with Crippen LogP contribution in [0.1, 0.15) is 34.7 Å². The molecule has 20 heavy (non-hydrogen) atoms. The van der Waals surface area contributed by atoms with Crippen LogP contribution in [0.4, 0.5) is 0 Å². The van der Waals surface area contributed by atoms with E-state index in [-0.39, 0.29) is 0 Å². The van der Waals surface area contributed by atoms with Crippen molar-refractivity contribution in [2.45, 2.75) is 27.2 Å². The normalized spacial score (nSPS) is 10.3. The zero-order chi connectivity index (χ0) is 14.7. The van der Waals surface area contributed by atoms with Crippen LogP contribution in [-0.2, 0) is 6.42 Å². The van der Waals surface area contributed by atoms with Crippen molar-refractivity contribution < 1.29 is 0 Å². The Balaban J connectivity index is 2.40. The Bertz CT molecular complexity index is 645. The van der Waals surface area contributed by atoms with Crippen LogP contribution in [-0.4, -0.2) is 0 Å². The second kappa shape index (κ2) is 5.92. The maximum atomic E-state index is 4.29. The van der Waals surface area contributed by atoms with Crippen molar-refractivity contribution in [3.05, 3.63) is 83.4 Å². The van der Waals surface area contributed by atoms with E-state index in [0.29, 0.717) is 0 Å². The standard InChI is InChI=1S/C20H22/c1-14(2)20-17(5)15(3)11-12-19(20)16(4)13-18-9-7-6-8-10-18/h6-12H,1,4,13H2,2-3,5H3. The molecule has 0 fully saturated rings. The summed E-state index contributed by atoms with van der Waals surface area (Å²) >= 11 is 0. The van der Waals surface area contributed by atoms with Crippen molar-refractivity contribution in [1.82, 2.24) is 0 Å². The Morgan fingerprint density at radius 2 is 1.60 bits per heavy atom. The van der Waals surface area contributed by atoms with Gasteiger partial charge in [0.2, 0.25) is 0 Å². The summed E-state index contributed by atoms with van der Waals surface area (Å²) in [5, 5.41) is 0. The molecule has 0 heteroatoms. The van der Waals surface area contributed by atoms with Crippen molar-refractivity contribution in [3.8, 4) is 0 Å². The van der Waals surface area contributed by atoms with Gasteiger partial charge in [-0.05, 0) is 60.6 Å². The lowest BCUT2D eigenvalue weighted by molar-refractivity contribution is 1.25. The Morgan fingerprint density at radius 1 is 0.950 bits per heavy atom. The van der Waals surface area contributed by atoms with E-state index in [1.165, 1.54) is 27.8 Å². The monoisotopic (exact) mass is 262 g/mol. The second-order valence-electron chi connectivity index (χ2n) is 5.48. The van der Waals surface area contributed by atoms with E-state index < -0.39 is 0 Å². The van der Waals surface area contributed by atoms with Gasteiger partial charge in [0.15, 0.2) is 0 Å². The zero-order valence-electron chi connectivity index (χ0n) is 12.7. The molecule has 2 rings (SSSR count). The summed E-state index contributed by atoms with van der Waals surface area (Å²) in [7, 11) is 0. The molecule has 0 saturated heterocycles. The first-order valence-corrected chi connectivity index (χ1v) is 6.99. The van der Waals surface area contributed by atoms with Crippen LogP contribution < -0.4 is 0 Å².